The third-order valence-electron chi connectivity index (χ3n) is 8.46. The summed E-state index contributed by atoms with van der Waals surface area (Å²) < 4.78 is 32.6. The van der Waals surface area contributed by atoms with Crippen LogP contribution in [-0.2, 0) is 32.7 Å². The van der Waals surface area contributed by atoms with Crippen LogP contribution in [0.2, 0.25) is 0 Å². The smallest absolute Gasteiger partial charge is 0.462 e. The highest BCUT2D eigenvalue weighted by atomic mass is 31.2. The third kappa shape index (κ3) is 38.0. The molecule has 0 aromatic rings. The van der Waals surface area contributed by atoms with Crippen molar-refractivity contribution >= 4 is 19.8 Å². The quantitative estimate of drug-likeness (QED) is 0.0240. The maximum Gasteiger partial charge on any atom is 0.472 e. The Balaban J connectivity index is 4.41. The van der Waals surface area contributed by atoms with Crippen molar-refractivity contribution in [3.63, 3.8) is 0 Å². The Hall–Kier alpha value is -2.07. The van der Waals surface area contributed by atoms with E-state index in [1.807, 2.05) is 0 Å². The molecule has 0 rings (SSSR count). The minimum Gasteiger partial charge on any atom is -0.462 e. The van der Waals surface area contributed by atoms with Crippen LogP contribution in [0, 0.1) is 0 Å². The molecule has 0 amide bonds. The summed E-state index contributed by atoms with van der Waals surface area (Å²) in [6, 6.07) is 0. The predicted octanol–water partition coefficient (Wildman–Crippen LogP) is 10.6. The minimum absolute atomic E-state index is 0.134. The number of carbonyl (C=O) groups is 2. The number of hydrogen-bond donors (Lipinski definition) is 3. The van der Waals surface area contributed by atoms with Crippen LogP contribution in [0.5, 0.6) is 0 Å². The van der Waals surface area contributed by atoms with Crippen LogP contribution < -0.4 is 0 Å². The number of phosphoric acid groups is 1. The second-order valence-electron chi connectivity index (χ2n) is 13.7. The topological polar surface area (TPSA) is 149 Å². The summed E-state index contributed by atoms with van der Waals surface area (Å²) in [6.07, 6.45) is 39.3. The van der Waals surface area contributed by atoms with Gasteiger partial charge < -0.3 is 24.6 Å². The molecule has 10 nitrogen and oxygen atoms in total. The number of aliphatic hydroxyl groups is 2. The molecular formula is C42H75O10P. The molecule has 0 saturated heterocycles. The Morgan fingerprint density at radius 2 is 0.981 bits per heavy atom. The van der Waals surface area contributed by atoms with Crippen molar-refractivity contribution in [1.29, 1.82) is 0 Å². The van der Waals surface area contributed by atoms with Crippen molar-refractivity contribution in [2.45, 2.75) is 180 Å². The third-order valence-corrected chi connectivity index (χ3v) is 9.41. The SMILES string of the molecule is CCCCC/C=C\C/C=C\C/C=C\CCCCC(=O)O[C@H](COC(=O)CCCCCCCCC/C=C\CCCCCC)COP(=O)(O)OC[C@@H](O)CO. The van der Waals surface area contributed by atoms with Crippen LogP contribution in [0.3, 0.4) is 0 Å². The van der Waals surface area contributed by atoms with E-state index in [2.05, 4.69) is 67.0 Å². The zero-order valence-electron chi connectivity index (χ0n) is 33.2. The van der Waals surface area contributed by atoms with E-state index in [9.17, 15) is 24.2 Å². The average molecular weight is 771 g/mol. The van der Waals surface area contributed by atoms with Crippen LogP contribution in [0.25, 0.3) is 0 Å². The van der Waals surface area contributed by atoms with E-state index in [1.165, 1.54) is 70.6 Å². The summed E-state index contributed by atoms with van der Waals surface area (Å²) in [6.45, 7) is 2.28. The van der Waals surface area contributed by atoms with Crippen LogP contribution in [0.4, 0.5) is 0 Å². The number of rotatable bonds is 38. The summed E-state index contributed by atoms with van der Waals surface area (Å²) in [5, 5.41) is 18.3. The normalized spacial score (nSPS) is 14.4. The lowest BCUT2D eigenvalue weighted by molar-refractivity contribution is -0.161. The monoisotopic (exact) mass is 771 g/mol. The van der Waals surface area contributed by atoms with Gasteiger partial charge in [-0.2, -0.15) is 0 Å². The number of allylic oxidation sites excluding steroid dienone is 8. The van der Waals surface area contributed by atoms with Crippen LogP contribution in [0.15, 0.2) is 48.6 Å². The highest BCUT2D eigenvalue weighted by Gasteiger charge is 2.27. The molecule has 3 N–H and O–H groups in total. The maximum atomic E-state index is 12.6. The van der Waals surface area contributed by atoms with Gasteiger partial charge in [0.05, 0.1) is 19.8 Å². The first-order valence-corrected chi connectivity index (χ1v) is 22.1. The lowest BCUT2D eigenvalue weighted by atomic mass is 10.1. The summed E-state index contributed by atoms with van der Waals surface area (Å²) in [5.41, 5.74) is 0. The van der Waals surface area contributed by atoms with Gasteiger partial charge in [0, 0.05) is 12.8 Å². The Kier molecular flexibility index (Phi) is 36.7. The van der Waals surface area contributed by atoms with E-state index in [0.717, 1.165) is 57.8 Å². The van der Waals surface area contributed by atoms with Gasteiger partial charge in [0.15, 0.2) is 6.10 Å². The Bertz CT molecular complexity index is 1030. The number of phosphoric ester groups is 1. The van der Waals surface area contributed by atoms with E-state index < -0.39 is 51.8 Å². The summed E-state index contributed by atoms with van der Waals surface area (Å²) in [5.74, 6) is -0.977. The van der Waals surface area contributed by atoms with E-state index in [1.54, 1.807) is 0 Å². The first-order valence-electron chi connectivity index (χ1n) is 20.6. The van der Waals surface area contributed by atoms with Crippen LogP contribution in [-0.4, -0.2) is 65.7 Å². The van der Waals surface area contributed by atoms with Crippen LogP contribution >= 0.6 is 7.82 Å². The van der Waals surface area contributed by atoms with Gasteiger partial charge in [-0.05, 0) is 77.0 Å². The highest BCUT2D eigenvalue weighted by molar-refractivity contribution is 7.47. The molecule has 0 radical (unpaired) electrons. The van der Waals surface area contributed by atoms with Crippen molar-refractivity contribution in [1.82, 2.24) is 0 Å². The second kappa shape index (κ2) is 38.2. The maximum absolute atomic E-state index is 12.6. The summed E-state index contributed by atoms with van der Waals surface area (Å²) >= 11 is 0. The lowest BCUT2D eigenvalue weighted by Gasteiger charge is -2.20. The molecule has 0 fully saturated rings. The zero-order chi connectivity index (χ0) is 39.1. The number of esters is 2. The number of hydrogen-bond acceptors (Lipinski definition) is 9. The fraction of sp³-hybridized carbons (Fsp3) is 0.762. The summed E-state index contributed by atoms with van der Waals surface area (Å²) in [4.78, 5) is 34.9. The number of ether oxygens (including phenoxy) is 2. The van der Waals surface area contributed by atoms with E-state index in [-0.39, 0.29) is 19.4 Å². The van der Waals surface area contributed by atoms with Gasteiger partial charge in [-0.3, -0.25) is 18.6 Å². The van der Waals surface area contributed by atoms with Gasteiger partial charge in [-0.1, -0.05) is 127 Å². The second-order valence-corrected chi connectivity index (χ2v) is 15.1. The molecule has 11 heteroatoms. The summed E-state index contributed by atoms with van der Waals surface area (Å²) in [7, 11) is -4.63. The van der Waals surface area contributed by atoms with Gasteiger partial charge in [0.1, 0.15) is 12.7 Å². The van der Waals surface area contributed by atoms with E-state index >= 15 is 0 Å². The van der Waals surface area contributed by atoms with Gasteiger partial charge >= 0.3 is 19.8 Å². The van der Waals surface area contributed by atoms with Crippen molar-refractivity contribution < 1.29 is 47.8 Å². The molecule has 0 aliphatic heterocycles. The standard InChI is InChI=1S/C42H75O10P/c1-3-5-7-9-11-13-15-17-19-21-23-25-27-29-31-33-41(45)49-37-40(38-51-53(47,48)50-36-39(44)35-43)52-42(46)34-32-30-28-26-24-22-20-18-16-14-12-10-8-6-4-2/h12-15,18,20,24,26,39-40,43-44H,3-11,16-17,19,21-23,25,27-38H2,1-2H3,(H,47,48)/b14-12-,15-13-,20-18-,26-24-/t39-,40+/m0/s1. The molecule has 0 aliphatic rings. The lowest BCUT2D eigenvalue weighted by Crippen LogP contribution is -2.29. The minimum atomic E-state index is -4.63. The van der Waals surface area contributed by atoms with Crippen molar-refractivity contribution in [3.05, 3.63) is 48.6 Å². The van der Waals surface area contributed by atoms with Gasteiger partial charge in [-0.15, -0.1) is 0 Å². The molecule has 0 aromatic carbocycles. The molecular weight excluding hydrogens is 695 g/mol. The van der Waals surface area contributed by atoms with Crippen molar-refractivity contribution in [2.24, 2.45) is 0 Å². The molecule has 1 unspecified atom stereocenters. The first-order chi connectivity index (χ1) is 25.7. The number of aliphatic hydroxyl groups excluding tert-OH is 2. The molecule has 53 heavy (non-hydrogen) atoms. The molecule has 308 valence electrons. The Morgan fingerprint density at radius 3 is 1.57 bits per heavy atom. The molecule has 0 saturated carbocycles. The fourth-order valence-electron chi connectivity index (χ4n) is 5.23. The van der Waals surface area contributed by atoms with Crippen LogP contribution in [0.1, 0.15) is 168 Å². The molecule has 3 atom stereocenters. The van der Waals surface area contributed by atoms with Gasteiger partial charge in [-0.25, -0.2) is 4.57 Å². The van der Waals surface area contributed by atoms with E-state index in [0.29, 0.717) is 12.8 Å². The molecule has 0 aliphatic carbocycles. The van der Waals surface area contributed by atoms with Crippen molar-refractivity contribution in [3.8, 4) is 0 Å². The predicted molar refractivity (Wildman–Crippen MR) is 214 cm³/mol. The molecule has 0 bridgehead atoms. The average Bonchev–Trinajstić information content (AvgIpc) is 3.14. The molecule has 0 heterocycles. The zero-order valence-corrected chi connectivity index (χ0v) is 34.1. The number of carbonyl (C=O) groups excluding carboxylic acids is 2. The Morgan fingerprint density at radius 1 is 0.566 bits per heavy atom. The largest absolute Gasteiger partial charge is 0.472 e. The first kappa shape index (κ1) is 50.9. The Labute approximate surface area is 322 Å². The molecule has 0 spiro atoms. The fourth-order valence-corrected chi connectivity index (χ4v) is 6.02. The molecule has 0 aromatic heterocycles. The van der Waals surface area contributed by atoms with Gasteiger partial charge in [0.25, 0.3) is 0 Å². The van der Waals surface area contributed by atoms with Crippen molar-refractivity contribution in [2.75, 3.05) is 26.4 Å². The van der Waals surface area contributed by atoms with E-state index in [4.69, 9.17) is 19.1 Å². The van der Waals surface area contributed by atoms with Gasteiger partial charge in [0.2, 0.25) is 0 Å². The number of unbranched alkanes of at least 4 members (excludes halogenated alkanes) is 16. The highest BCUT2D eigenvalue weighted by Crippen LogP contribution is 2.43.